The van der Waals surface area contributed by atoms with E-state index in [1.54, 1.807) is 6.20 Å². The number of aromatic nitrogens is 1. The minimum Gasteiger partial charge on any atom is -0.454 e. The van der Waals surface area contributed by atoms with E-state index in [9.17, 15) is 5.26 Å². The maximum Gasteiger partial charge on any atom is 0.231 e. The Morgan fingerprint density at radius 3 is 2.70 bits per heavy atom. The van der Waals surface area contributed by atoms with Gasteiger partial charge in [0.25, 0.3) is 0 Å². The van der Waals surface area contributed by atoms with Crippen LogP contribution in [0.5, 0.6) is 11.5 Å². The molecule has 1 aliphatic rings. The van der Waals surface area contributed by atoms with Gasteiger partial charge in [-0.3, -0.25) is 0 Å². The standard InChI is InChI=1S/C21H17N3O2S/c1-13-5-14(2)7-17(6-13)23-10-16(9-22)21-24-18(11-27-21)15-3-4-19-20(8-15)26-12-25-19/h3-8,10-11,23H,12H2,1-2H3/b16-10-. The second-order valence-electron chi connectivity index (χ2n) is 6.30. The van der Waals surface area contributed by atoms with Gasteiger partial charge in [-0.05, 0) is 55.3 Å². The van der Waals surface area contributed by atoms with Crippen LogP contribution < -0.4 is 14.8 Å². The normalized spacial score (nSPS) is 12.7. The first kappa shape index (κ1) is 17.1. The molecular weight excluding hydrogens is 358 g/mol. The quantitative estimate of drug-likeness (QED) is 0.640. The average molecular weight is 375 g/mol. The lowest BCUT2D eigenvalue weighted by atomic mass is 10.1. The summed E-state index contributed by atoms with van der Waals surface area (Å²) < 4.78 is 10.8. The molecule has 0 fully saturated rings. The Labute approximate surface area is 161 Å². The van der Waals surface area contributed by atoms with E-state index < -0.39 is 0 Å². The second kappa shape index (κ2) is 7.14. The number of nitriles is 1. The van der Waals surface area contributed by atoms with Crippen LogP contribution in [0.25, 0.3) is 16.8 Å². The van der Waals surface area contributed by atoms with Gasteiger partial charge in [-0.2, -0.15) is 5.26 Å². The van der Waals surface area contributed by atoms with Crippen molar-refractivity contribution < 1.29 is 9.47 Å². The molecule has 1 N–H and O–H groups in total. The Kier molecular flexibility index (Phi) is 4.53. The predicted molar refractivity (Wildman–Crippen MR) is 107 cm³/mol. The SMILES string of the molecule is Cc1cc(C)cc(N/C=C(/C#N)c2nc(-c3ccc4c(c3)OCO4)cs2)c1. The molecule has 0 radical (unpaired) electrons. The molecule has 134 valence electrons. The lowest BCUT2D eigenvalue weighted by Gasteiger charge is -2.05. The number of anilines is 1. The summed E-state index contributed by atoms with van der Waals surface area (Å²) in [5.74, 6) is 1.46. The first-order valence-electron chi connectivity index (χ1n) is 8.43. The molecule has 0 saturated heterocycles. The van der Waals surface area contributed by atoms with Gasteiger partial charge < -0.3 is 14.8 Å². The van der Waals surface area contributed by atoms with E-state index in [0.717, 1.165) is 28.4 Å². The van der Waals surface area contributed by atoms with Gasteiger partial charge in [-0.15, -0.1) is 11.3 Å². The molecule has 5 nitrogen and oxygen atoms in total. The van der Waals surface area contributed by atoms with Gasteiger partial charge in [-0.25, -0.2) is 4.98 Å². The number of thiazole rings is 1. The van der Waals surface area contributed by atoms with E-state index >= 15 is 0 Å². The number of nitrogens with zero attached hydrogens (tertiary/aromatic N) is 2. The lowest BCUT2D eigenvalue weighted by molar-refractivity contribution is 0.174. The van der Waals surface area contributed by atoms with Crippen molar-refractivity contribution in [2.75, 3.05) is 12.1 Å². The van der Waals surface area contributed by atoms with Crippen molar-refractivity contribution >= 4 is 22.6 Å². The topological polar surface area (TPSA) is 67.2 Å². The number of hydrogen-bond donors (Lipinski definition) is 1. The maximum atomic E-state index is 9.55. The molecule has 4 rings (SSSR count). The molecule has 0 aliphatic carbocycles. The van der Waals surface area contributed by atoms with Gasteiger partial charge in [0.05, 0.1) is 5.69 Å². The molecule has 0 saturated carbocycles. The van der Waals surface area contributed by atoms with Crippen LogP contribution in [0.3, 0.4) is 0 Å². The van der Waals surface area contributed by atoms with Crippen molar-refractivity contribution in [1.29, 1.82) is 5.26 Å². The Morgan fingerprint density at radius 1 is 1.15 bits per heavy atom. The molecule has 6 heteroatoms. The highest BCUT2D eigenvalue weighted by Gasteiger charge is 2.15. The molecule has 0 bridgehead atoms. The third-order valence-corrected chi connectivity index (χ3v) is 5.00. The number of nitrogens with one attached hydrogen (secondary N) is 1. The molecule has 2 heterocycles. The zero-order valence-corrected chi connectivity index (χ0v) is 15.8. The zero-order valence-electron chi connectivity index (χ0n) is 14.9. The molecule has 2 aromatic carbocycles. The Bertz CT molecular complexity index is 1060. The molecule has 1 aromatic heterocycles. The Hall–Kier alpha value is -3.30. The number of fused-ring (bicyclic) bond motifs is 1. The van der Waals surface area contributed by atoms with Gasteiger partial charge in [0, 0.05) is 22.8 Å². The largest absolute Gasteiger partial charge is 0.454 e. The summed E-state index contributed by atoms with van der Waals surface area (Å²) in [6.45, 7) is 4.34. The highest BCUT2D eigenvalue weighted by molar-refractivity contribution is 7.11. The Morgan fingerprint density at radius 2 is 1.93 bits per heavy atom. The van der Waals surface area contributed by atoms with Crippen LogP contribution in [0.2, 0.25) is 0 Å². The fourth-order valence-corrected chi connectivity index (χ4v) is 3.74. The van der Waals surface area contributed by atoms with E-state index in [1.165, 1.54) is 22.5 Å². The molecule has 27 heavy (non-hydrogen) atoms. The van der Waals surface area contributed by atoms with Crippen molar-refractivity contribution in [2.24, 2.45) is 0 Å². The summed E-state index contributed by atoms with van der Waals surface area (Å²) >= 11 is 1.44. The van der Waals surface area contributed by atoms with Gasteiger partial charge in [0.2, 0.25) is 6.79 Å². The summed E-state index contributed by atoms with van der Waals surface area (Å²) in [5, 5.41) is 15.4. The lowest BCUT2D eigenvalue weighted by Crippen LogP contribution is -1.93. The highest BCUT2D eigenvalue weighted by Crippen LogP contribution is 2.36. The third kappa shape index (κ3) is 3.64. The van der Waals surface area contributed by atoms with Gasteiger partial charge in [0.1, 0.15) is 16.6 Å². The summed E-state index contributed by atoms with van der Waals surface area (Å²) in [7, 11) is 0. The van der Waals surface area contributed by atoms with E-state index in [4.69, 9.17) is 9.47 Å². The number of rotatable bonds is 4. The van der Waals surface area contributed by atoms with E-state index in [-0.39, 0.29) is 6.79 Å². The van der Waals surface area contributed by atoms with Crippen LogP contribution >= 0.6 is 11.3 Å². The van der Waals surface area contributed by atoms with Crippen LogP contribution in [-0.2, 0) is 0 Å². The average Bonchev–Trinajstić information content (AvgIpc) is 3.30. The van der Waals surface area contributed by atoms with Crippen LogP contribution in [-0.4, -0.2) is 11.8 Å². The van der Waals surface area contributed by atoms with Gasteiger partial charge >= 0.3 is 0 Å². The van der Waals surface area contributed by atoms with Crippen molar-refractivity contribution in [3.05, 3.63) is 64.1 Å². The third-order valence-electron chi connectivity index (χ3n) is 4.13. The fourth-order valence-electron chi connectivity index (χ4n) is 2.94. The van der Waals surface area contributed by atoms with Crippen LogP contribution in [0.4, 0.5) is 5.69 Å². The summed E-state index contributed by atoms with van der Waals surface area (Å²) in [4.78, 5) is 4.62. The molecule has 0 amide bonds. The molecule has 3 aromatic rings. The van der Waals surface area contributed by atoms with Crippen molar-refractivity contribution in [3.8, 4) is 28.8 Å². The minimum atomic E-state index is 0.243. The molecule has 1 aliphatic heterocycles. The smallest absolute Gasteiger partial charge is 0.231 e. The second-order valence-corrected chi connectivity index (χ2v) is 7.15. The summed E-state index contributed by atoms with van der Waals surface area (Å²) in [5.41, 5.74) is 5.52. The first-order valence-corrected chi connectivity index (χ1v) is 9.31. The first-order chi connectivity index (χ1) is 13.1. The zero-order chi connectivity index (χ0) is 18.8. The van der Waals surface area contributed by atoms with Crippen LogP contribution in [0, 0.1) is 25.2 Å². The number of allylic oxidation sites excluding steroid dienone is 1. The van der Waals surface area contributed by atoms with Crippen LogP contribution in [0.1, 0.15) is 16.1 Å². The predicted octanol–water partition coefficient (Wildman–Crippen LogP) is 5.13. The van der Waals surface area contributed by atoms with Gasteiger partial charge in [0.15, 0.2) is 11.5 Å². The molecule has 0 atom stereocenters. The van der Waals surface area contributed by atoms with Crippen LogP contribution in [0.15, 0.2) is 48.0 Å². The number of benzene rings is 2. The number of hydrogen-bond acceptors (Lipinski definition) is 6. The number of ether oxygens (including phenoxy) is 2. The van der Waals surface area contributed by atoms with Crippen molar-refractivity contribution in [3.63, 3.8) is 0 Å². The molecule has 0 spiro atoms. The van der Waals surface area contributed by atoms with E-state index in [0.29, 0.717) is 10.6 Å². The summed E-state index contributed by atoms with van der Waals surface area (Å²) in [6, 6.07) is 14.1. The number of aryl methyl sites for hydroxylation is 2. The maximum absolute atomic E-state index is 9.55. The Balaban J connectivity index is 1.58. The van der Waals surface area contributed by atoms with E-state index in [2.05, 4.69) is 22.4 Å². The highest BCUT2D eigenvalue weighted by atomic mass is 32.1. The van der Waals surface area contributed by atoms with Crippen molar-refractivity contribution in [1.82, 2.24) is 4.98 Å². The fraction of sp³-hybridized carbons (Fsp3) is 0.143. The molecule has 0 unspecified atom stereocenters. The minimum absolute atomic E-state index is 0.243. The monoisotopic (exact) mass is 375 g/mol. The van der Waals surface area contributed by atoms with Crippen molar-refractivity contribution in [2.45, 2.75) is 13.8 Å². The van der Waals surface area contributed by atoms with Gasteiger partial charge in [-0.1, -0.05) is 6.07 Å². The summed E-state index contributed by atoms with van der Waals surface area (Å²) in [6.07, 6.45) is 1.70. The van der Waals surface area contributed by atoms with E-state index in [1.807, 2.05) is 49.6 Å². The molecular formula is C21H17N3O2S.